The molecule has 3 N–H and O–H groups in total. The van der Waals surface area contributed by atoms with Gasteiger partial charge in [-0.25, -0.2) is 0 Å². The minimum absolute atomic E-state index is 0.0679. The first-order valence-electron chi connectivity index (χ1n) is 7.37. The molecule has 0 bridgehead atoms. The van der Waals surface area contributed by atoms with Crippen LogP contribution in [-0.4, -0.2) is 23.6 Å². The first-order chi connectivity index (χ1) is 10.4. The molecule has 4 nitrogen and oxygen atoms in total. The average Bonchev–Trinajstić information content (AvgIpc) is 2.79. The molecule has 0 aliphatic carbocycles. The number of carbonyl (C=O) groups is 1. The molecular formula is C17H22ClN3O. The summed E-state index contributed by atoms with van der Waals surface area (Å²) < 4.78 is 2.03. The highest BCUT2D eigenvalue weighted by molar-refractivity contribution is 6.30. The van der Waals surface area contributed by atoms with Crippen molar-refractivity contribution in [3.63, 3.8) is 0 Å². The molecule has 1 aromatic carbocycles. The average molecular weight is 320 g/mol. The molecule has 1 aromatic heterocycles. The molecule has 5 heteroatoms. The Morgan fingerprint density at radius 2 is 2.09 bits per heavy atom. The van der Waals surface area contributed by atoms with E-state index in [-0.39, 0.29) is 11.8 Å². The van der Waals surface area contributed by atoms with Gasteiger partial charge in [0.1, 0.15) is 0 Å². The van der Waals surface area contributed by atoms with Gasteiger partial charge in [-0.15, -0.1) is 0 Å². The SMILES string of the molecule is Cc1cc(C(=O)NCC(C)CN)c(C)n1-c1cccc(Cl)c1. The van der Waals surface area contributed by atoms with Crippen molar-refractivity contribution in [3.8, 4) is 5.69 Å². The number of nitrogens with one attached hydrogen (secondary N) is 1. The highest BCUT2D eigenvalue weighted by Crippen LogP contribution is 2.23. The maximum Gasteiger partial charge on any atom is 0.253 e. The number of nitrogens with zero attached hydrogens (tertiary/aromatic N) is 1. The van der Waals surface area contributed by atoms with Crippen LogP contribution in [-0.2, 0) is 0 Å². The third-order valence-electron chi connectivity index (χ3n) is 3.76. The van der Waals surface area contributed by atoms with E-state index in [0.29, 0.717) is 23.7 Å². The molecule has 0 saturated heterocycles. The minimum atomic E-state index is -0.0679. The summed E-state index contributed by atoms with van der Waals surface area (Å²) in [5.41, 5.74) is 9.11. The Hall–Kier alpha value is -1.78. The molecule has 1 unspecified atom stereocenters. The lowest BCUT2D eigenvalue weighted by Crippen LogP contribution is -2.31. The molecule has 1 amide bonds. The van der Waals surface area contributed by atoms with Gasteiger partial charge in [-0.3, -0.25) is 4.79 Å². The second-order valence-corrected chi connectivity index (χ2v) is 6.09. The zero-order valence-corrected chi connectivity index (χ0v) is 13.9. The van der Waals surface area contributed by atoms with Crippen LogP contribution < -0.4 is 11.1 Å². The van der Waals surface area contributed by atoms with E-state index in [1.54, 1.807) is 0 Å². The highest BCUT2D eigenvalue weighted by Gasteiger charge is 2.17. The van der Waals surface area contributed by atoms with Crippen LogP contribution in [0.4, 0.5) is 0 Å². The van der Waals surface area contributed by atoms with E-state index in [0.717, 1.165) is 17.1 Å². The Bertz CT molecular complexity index is 679. The minimum Gasteiger partial charge on any atom is -0.352 e. The molecule has 0 radical (unpaired) electrons. The Morgan fingerprint density at radius 3 is 2.73 bits per heavy atom. The van der Waals surface area contributed by atoms with E-state index in [1.165, 1.54) is 0 Å². The number of hydrogen-bond donors (Lipinski definition) is 2. The van der Waals surface area contributed by atoms with E-state index in [1.807, 2.05) is 55.7 Å². The van der Waals surface area contributed by atoms with E-state index in [4.69, 9.17) is 17.3 Å². The summed E-state index contributed by atoms with van der Waals surface area (Å²) in [7, 11) is 0. The van der Waals surface area contributed by atoms with Crippen LogP contribution in [0.15, 0.2) is 30.3 Å². The fraction of sp³-hybridized carbons (Fsp3) is 0.353. The molecule has 0 aliphatic rings. The number of aromatic nitrogens is 1. The molecule has 0 saturated carbocycles. The van der Waals surface area contributed by atoms with Gasteiger partial charge < -0.3 is 15.6 Å². The van der Waals surface area contributed by atoms with E-state index >= 15 is 0 Å². The van der Waals surface area contributed by atoms with Crippen LogP contribution in [0.3, 0.4) is 0 Å². The van der Waals surface area contributed by atoms with E-state index in [9.17, 15) is 4.79 Å². The molecule has 1 heterocycles. The molecule has 1 atom stereocenters. The lowest BCUT2D eigenvalue weighted by Gasteiger charge is -2.12. The number of aryl methyl sites for hydroxylation is 1. The van der Waals surface area contributed by atoms with Gasteiger partial charge in [-0.2, -0.15) is 0 Å². The van der Waals surface area contributed by atoms with Gasteiger partial charge >= 0.3 is 0 Å². The Labute approximate surface area is 136 Å². The first-order valence-corrected chi connectivity index (χ1v) is 7.75. The smallest absolute Gasteiger partial charge is 0.253 e. The Kier molecular flexibility index (Phi) is 5.27. The van der Waals surface area contributed by atoms with Crippen molar-refractivity contribution in [1.29, 1.82) is 0 Å². The fourth-order valence-corrected chi connectivity index (χ4v) is 2.64. The normalized spacial score (nSPS) is 12.2. The highest BCUT2D eigenvalue weighted by atomic mass is 35.5. The molecule has 118 valence electrons. The van der Waals surface area contributed by atoms with Gasteiger partial charge in [-0.1, -0.05) is 24.6 Å². The molecule has 2 rings (SSSR count). The first kappa shape index (κ1) is 16.6. The largest absolute Gasteiger partial charge is 0.352 e. The molecule has 2 aromatic rings. The summed E-state index contributed by atoms with van der Waals surface area (Å²) in [6.07, 6.45) is 0. The molecule has 0 spiro atoms. The van der Waals surface area contributed by atoms with Crippen molar-refractivity contribution in [1.82, 2.24) is 9.88 Å². The molecule has 0 aliphatic heterocycles. The van der Waals surface area contributed by atoms with Crippen LogP contribution in [0.25, 0.3) is 5.69 Å². The number of nitrogens with two attached hydrogens (primary N) is 1. The number of hydrogen-bond acceptors (Lipinski definition) is 2. The van der Waals surface area contributed by atoms with Crippen molar-refractivity contribution in [3.05, 3.63) is 52.3 Å². The van der Waals surface area contributed by atoms with Crippen molar-refractivity contribution >= 4 is 17.5 Å². The fourth-order valence-electron chi connectivity index (χ4n) is 2.45. The second-order valence-electron chi connectivity index (χ2n) is 5.65. The Balaban J connectivity index is 2.29. The lowest BCUT2D eigenvalue weighted by molar-refractivity contribution is 0.0948. The second kappa shape index (κ2) is 6.99. The predicted octanol–water partition coefficient (Wildman–Crippen LogP) is 3.07. The van der Waals surface area contributed by atoms with Crippen LogP contribution in [0.2, 0.25) is 5.02 Å². The lowest BCUT2D eigenvalue weighted by atomic mass is 10.1. The number of rotatable bonds is 5. The van der Waals surface area contributed by atoms with Crippen molar-refractivity contribution in [2.75, 3.05) is 13.1 Å². The number of benzene rings is 1. The van der Waals surface area contributed by atoms with Gasteiger partial charge in [0.05, 0.1) is 5.56 Å². The summed E-state index contributed by atoms with van der Waals surface area (Å²) in [4.78, 5) is 12.4. The summed E-state index contributed by atoms with van der Waals surface area (Å²) in [5.74, 6) is 0.196. The zero-order chi connectivity index (χ0) is 16.3. The monoisotopic (exact) mass is 319 g/mol. The van der Waals surface area contributed by atoms with E-state index in [2.05, 4.69) is 5.32 Å². The standard InChI is InChI=1S/C17H22ClN3O/c1-11(9-19)10-20-17(22)16-7-12(2)21(13(16)3)15-6-4-5-14(18)8-15/h4-8,11H,9-10,19H2,1-3H3,(H,20,22). The molecule has 22 heavy (non-hydrogen) atoms. The van der Waals surface area contributed by atoms with Crippen molar-refractivity contribution < 1.29 is 4.79 Å². The summed E-state index contributed by atoms with van der Waals surface area (Å²) >= 11 is 6.06. The van der Waals surface area contributed by atoms with Gasteiger partial charge in [0.15, 0.2) is 0 Å². The molecule has 0 fully saturated rings. The van der Waals surface area contributed by atoms with Crippen LogP contribution in [0.1, 0.15) is 28.7 Å². The van der Waals surface area contributed by atoms with Gasteiger partial charge in [0.25, 0.3) is 5.91 Å². The quantitative estimate of drug-likeness (QED) is 0.889. The van der Waals surface area contributed by atoms with Crippen LogP contribution in [0, 0.1) is 19.8 Å². The maximum atomic E-state index is 12.4. The summed E-state index contributed by atoms with van der Waals surface area (Å²) in [6, 6.07) is 9.50. The van der Waals surface area contributed by atoms with Crippen LogP contribution in [0.5, 0.6) is 0 Å². The summed E-state index contributed by atoms with van der Waals surface area (Å²) in [5, 5.41) is 3.61. The Morgan fingerprint density at radius 1 is 1.36 bits per heavy atom. The third kappa shape index (κ3) is 3.51. The van der Waals surface area contributed by atoms with E-state index < -0.39 is 0 Å². The third-order valence-corrected chi connectivity index (χ3v) is 3.99. The number of halogens is 1. The van der Waals surface area contributed by atoms with Gasteiger partial charge in [0.2, 0.25) is 0 Å². The van der Waals surface area contributed by atoms with Gasteiger partial charge in [0, 0.05) is 28.6 Å². The predicted molar refractivity (Wildman–Crippen MR) is 90.8 cm³/mol. The zero-order valence-electron chi connectivity index (χ0n) is 13.2. The van der Waals surface area contributed by atoms with Crippen LogP contribution >= 0.6 is 11.6 Å². The number of carbonyl (C=O) groups excluding carboxylic acids is 1. The number of amides is 1. The maximum absolute atomic E-state index is 12.4. The molecular weight excluding hydrogens is 298 g/mol. The topological polar surface area (TPSA) is 60.1 Å². The van der Waals surface area contributed by atoms with Gasteiger partial charge in [-0.05, 0) is 50.6 Å². The van der Waals surface area contributed by atoms with Crippen molar-refractivity contribution in [2.24, 2.45) is 11.7 Å². The van der Waals surface area contributed by atoms with Crippen molar-refractivity contribution in [2.45, 2.75) is 20.8 Å². The summed E-state index contributed by atoms with van der Waals surface area (Å²) in [6.45, 7) is 7.07.